The summed E-state index contributed by atoms with van der Waals surface area (Å²) in [6.45, 7) is 4.98. The molecule has 3 rings (SSSR count). The van der Waals surface area contributed by atoms with Gasteiger partial charge in [0.1, 0.15) is 21.9 Å². The van der Waals surface area contributed by atoms with E-state index >= 15 is 0 Å². The summed E-state index contributed by atoms with van der Waals surface area (Å²) in [6, 6.07) is -0.793. The maximum Gasteiger partial charge on any atom is 0.302 e. The second-order valence-corrected chi connectivity index (χ2v) is 5.92. The highest BCUT2D eigenvalue weighted by atomic mass is 16.2. The Kier molecular flexibility index (Phi) is 2.60. The van der Waals surface area contributed by atoms with Crippen molar-refractivity contribution in [1.29, 1.82) is 0 Å². The quantitative estimate of drug-likeness (QED) is 0.871. The van der Waals surface area contributed by atoms with Crippen LogP contribution in [-0.4, -0.2) is 58.4 Å². The Labute approximate surface area is 151 Å². The molecule has 2 aromatic heterocycles. The first-order chi connectivity index (χ1) is 14.3. The number of nitrogens with one attached hydrogen (secondary N) is 1. The van der Waals surface area contributed by atoms with Crippen molar-refractivity contribution in [1.82, 2.24) is 19.9 Å². The lowest BCUT2D eigenvalue weighted by Crippen LogP contribution is -2.53. The molecule has 0 saturated carbocycles. The molecule has 126 valence electrons. The average Bonchev–Trinajstić information content (AvgIpc) is 2.95. The fourth-order valence-electron chi connectivity index (χ4n) is 2.96. The molecule has 7 nitrogen and oxygen atoms in total. The minimum Gasteiger partial charge on any atom is -0.354 e. The van der Waals surface area contributed by atoms with Crippen molar-refractivity contribution in [2.45, 2.75) is 26.3 Å². The number of nitrogens with zero attached hydrogens (tertiary/aromatic N) is 5. The molecule has 1 amide bonds. The van der Waals surface area contributed by atoms with Gasteiger partial charge < -0.3 is 19.6 Å². The molecule has 1 saturated heterocycles. The van der Waals surface area contributed by atoms with Crippen molar-refractivity contribution in [3.63, 3.8) is 0 Å². The lowest BCUT2D eigenvalue weighted by atomic mass is 9.92. The number of H-pyrrole nitrogens is 1. The highest BCUT2D eigenvalue weighted by Crippen LogP contribution is 2.29. The highest BCUT2D eigenvalue weighted by Gasteiger charge is 2.33. The second kappa shape index (κ2) is 6.48. The van der Waals surface area contributed by atoms with Gasteiger partial charge in [0.2, 0.25) is 0 Å². The maximum atomic E-state index is 12.5. The summed E-state index contributed by atoms with van der Waals surface area (Å²) in [7, 11) is 0. The van der Waals surface area contributed by atoms with E-state index in [2.05, 4.69) is 19.8 Å². The summed E-state index contributed by atoms with van der Waals surface area (Å²) in [5.74, 6) is -1.35. The molecule has 7 heteroatoms. The summed E-state index contributed by atoms with van der Waals surface area (Å²) < 4.78 is 55.9. The van der Waals surface area contributed by atoms with Gasteiger partial charge in [0.25, 0.3) is 6.50 Å². The zero-order valence-electron chi connectivity index (χ0n) is 20.4. The summed E-state index contributed by atoms with van der Waals surface area (Å²) >= 11 is 0. The van der Waals surface area contributed by atoms with Crippen LogP contribution in [0.15, 0.2) is 12.3 Å². The molecule has 2 atom stereocenters. The second-order valence-electron chi connectivity index (χ2n) is 5.92. The Bertz CT molecular complexity index is 1060. The summed E-state index contributed by atoms with van der Waals surface area (Å²) in [6.07, 6.45) is -0.0300. The molecule has 1 aliphatic rings. The van der Waals surface area contributed by atoms with E-state index in [1.165, 1.54) is 0 Å². The van der Waals surface area contributed by atoms with Crippen LogP contribution in [0.4, 0.5) is 5.82 Å². The van der Waals surface area contributed by atoms with Crippen LogP contribution in [0.1, 0.15) is 28.6 Å². The van der Waals surface area contributed by atoms with Gasteiger partial charge in [0.15, 0.2) is 0 Å². The lowest BCUT2D eigenvalue weighted by molar-refractivity contribution is -0.130. The molecule has 24 heavy (non-hydrogen) atoms. The van der Waals surface area contributed by atoms with Gasteiger partial charge in [0.05, 0.1) is 12.8 Å². The highest BCUT2D eigenvalue weighted by molar-refractivity contribution is 5.88. The number of rotatable bonds is 3. The fourth-order valence-corrected chi connectivity index (χ4v) is 2.96. The van der Waals surface area contributed by atoms with Crippen molar-refractivity contribution < 1.29 is 14.4 Å². The standard InChI is InChI=1S/C17H22N6O/c1-11-5-6-23(15(24)8-18-3)9-14(11)22(4)17-13-7-12(2)21-16(13)19-10-20-17/h7,10-11,14H,5-6,8-9H2,1-2,4H3,(H,19,20,21)/t11-,14+/m1/s1/i4D3,7D,8D2,10D. The third kappa shape index (κ3) is 2.92. The van der Waals surface area contributed by atoms with Crippen molar-refractivity contribution in [2.75, 3.05) is 31.5 Å². The van der Waals surface area contributed by atoms with E-state index in [0.29, 0.717) is 12.1 Å². The van der Waals surface area contributed by atoms with Crippen LogP contribution in [0.25, 0.3) is 15.9 Å². The van der Waals surface area contributed by atoms with Crippen LogP contribution >= 0.6 is 0 Å². The average molecular weight is 333 g/mol. The number of aromatic nitrogens is 3. The predicted molar refractivity (Wildman–Crippen MR) is 92.6 cm³/mol. The molecule has 2 aromatic rings. The van der Waals surface area contributed by atoms with Crippen LogP contribution in [0.3, 0.4) is 0 Å². The Morgan fingerprint density at radius 1 is 1.71 bits per heavy atom. The summed E-state index contributed by atoms with van der Waals surface area (Å²) in [4.78, 5) is 28.3. The van der Waals surface area contributed by atoms with Crippen molar-refractivity contribution in [3.8, 4) is 0 Å². The number of aryl methyl sites for hydroxylation is 1. The van der Waals surface area contributed by atoms with E-state index in [1.54, 1.807) is 6.92 Å². The molecule has 1 aliphatic heterocycles. The molecule has 0 radical (unpaired) electrons. The Hall–Kier alpha value is -2.62. The number of carbonyl (C=O) groups excluding carboxylic acids is 1. The molecular weight excluding hydrogens is 304 g/mol. The van der Waals surface area contributed by atoms with E-state index in [4.69, 9.17) is 16.2 Å². The van der Waals surface area contributed by atoms with Crippen molar-refractivity contribution in [3.05, 3.63) is 29.5 Å². The largest absolute Gasteiger partial charge is 0.354 e. The number of fused-ring (bicyclic) bond motifs is 1. The van der Waals surface area contributed by atoms with Crippen LogP contribution in [0.5, 0.6) is 0 Å². The predicted octanol–water partition coefficient (Wildman–Crippen LogP) is 1.86. The maximum absolute atomic E-state index is 12.5. The molecule has 0 spiro atoms. The summed E-state index contributed by atoms with van der Waals surface area (Å²) in [5, 5.41) is 0.164. The van der Waals surface area contributed by atoms with Gasteiger partial charge in [-0.05, 0) is 25.3 Å². The Morgan fingerprint density at radius 3 is 3.29 bits per heavy atom. The monoisotopic (exact) mass is 333 g/mol. The zero-order chi connectivity index (χ0) is 23.3. The van der Waals surface area contributed by atoms with Gasteiger partial charge in [-0.15, -0.1) is 0 Å². The Morgan fingerprint density at radius 2 is 2.54 bits per heavy atom. The molecular formula is C17H22N6O. The van der Waals surface area contributed by atoms with Gasteiger partial charge in [-0.25, -0.2) is 16.5 Å². The van der Waals surface area contributed by atoms with Crippen LogP contribution in [-0.2, 0) is 4.79 Å². The third-order valence-electron chi connectivity index (χ3n) is 4.31. The fraction of sp³-hybridized carbons (Fsp3) is 0.529. The van der Waals surface area contributed by atoms with E-state index in [1.807, 2.05) is 6.92 Å². The third-order valence-corrected chi connectivity index (χ3v) is 4.31. The first kappa shape index (κ1) is 9.62. The van der Waals surface area contributed by atoms with Crippen molar-refractivity contribution >= 4 is 22.8 Å². The van der Waals surface area contributed by atoms with Gasteiger partial charge >= 0.3 is 5.91 Å². The minimum absolute atomic E-state index is 0.0139. The number of likely N-dealkylation sites (tertiary alicyclic amines) is 1. The molecule has 0 aromatic carbocycles. The summed E-state index contributed by atoms with van der Waals surface area (Å²) in [5.41, 5.74) is 0.618. The van der Waals surface area contributed by atoms with E-state index < -0.39 is 31.7 Å². The molecule has 0 aliphatic carbocycles. The first-order valence-corrected chi connectivity index (χ1v) is 7.58. The minimum atomic E-state index is -2.74. The number of anilines is 1. The van der Waals surface area contributed by atoms with Crippen LogP contribution in [0, 0.1) is 19.4 Å². The molecule has 1 fully saturated rings. The topological polar surface area (TPSA) is 69.5 Å². The van der Waals surface area contributed by atoms with Gasteiger partial charge in [-0.1, -0.05) is 6.92 Å². The van der Waals surface area contributed by atoms with Gasteiger partial charge in [-0.2, -0.15) is 0 Å². The Balaban J connectivity index is 2.13. The lowest BCUT2D eigenvalue weighted by Gasteiger charge is -2.41. The van der Waals surface area contributed by atoms with E-state index in [9.17, 15) is 4.79 Å². The molecule has 0 unspecified atom stereocenters. The number of aromatic amines is 1. The first-order valence-electron chi connectivity index (χ1n) is 11.1. The molecule has 1 N–H and O–H groups in total. The van der Waals surface area contributed by atoms with E-state index in [0.717, 1.165) is 9.80 Å². The zero-order valence-corrected chi connectivity index (χ0v) is 13.4. The number of hydrogen-bond donors (Lipinski definition) is 1. The number of amides is 1. The van der Waals surface area contributed by atoms with Gasteiger partial charge in [-0.3, -0.25) is 4.79 Å². The SMILES string of the molecule is [2H]c1nc(N([C@H]2CN(C(=O)C([2H])([2H])[N+]#[C-])CC[C@H]2C)C([2H])([2H])[2H])c2c([2H])c(C)[nH]c2n1. The van der Waals surface area contributed by atoms with E-state index in [-0.39, 0.29) is 41.9 Å². The number of carbonyl (C=O) groups is 1. The number of likely N-dealkylation sites (N-methyl/N-ethyl adjacent to an activating group) is 1. The smallest absolute Gasteiger partial charge is 0.302 e. The number of piperidine rings is 1. The number of hydrogen-bond acceptors (Lipinski definition) is 4. The van der Waals surface area contributed by atoms with Gasteiger partial charge in [0, 0.05) is 29.9 Å². The van der Waals surface area contributed by atoms with Crippen LogP contribution < -0.4 is 4.90 Å². The molecule has 3 heterocycles. The van der Waals surface area contributed by atoms with Crippen molar-refractivity contribution in [2.24, 2.45) is 5.92 Å². The van der Waals surface area contributed by atoms with Crippen LogP contribution in [0.2, 0.25) is 0 Å². The normalized spacial score (nSPS) is 26.2. The molecule has 0 bridgehead atoms.